The van der Waals surface area contributed by atoms with Crippen molar-refractivity contribution in [2.75, 3.05) is 13.1 Å². The van der Waals surface area contributed by atoms with Crippen molar-refractivity contribution in [3.05, 3.63) is 78.1 Å². The van der Waals surface area contributed by atoms with E-state index >= 15 is 0 Å². The summed E-state index contributed by atoms with van der Waals surface area (Å²) >= 11 is 0. The second-order valence-corrected chi connectivity index (χ2v) is 8.72. The highest BCUT2D eigenvalue weighted by atomic mass is 32.2. The maximum Gasteiger partial charge on any atom is 0.243 e. The zero-order valence-electron chi connectivity index (χ0n) is 15.4. The average Bonchev–Trinajstić information content (AvgIpc) is 3.39. The van der Waals surface area contributed by atoms with E-state index in [1.165, 1.54) is 4.31 Å². The van der Waals surface area contributed by atoms with Gasteiger partial charge in [0.15, 0.2) is 0 Å². The zero-order valence-corrected chi connectivity index (χ0v) is 16.2. The van der Waals surface area contributed by atoms with E-state index in [0.717, 1.165) is 11.3 Å². The third-order valence-electron chi connectivity index (χ3n) is 4.80. The van der Waals surface area contributed by atoms with Crippen molar-refractivity contribution in [3.8, 4) is 0 Å². The summed E-state index contributed by atoms with van der Waals surface area (Å²) in [6.45, 7) is 1.75. The molecule has 1 aromatic heterocycles. The number of hydrogen-bond acceptors (Lipinski definition) is 5. The highest BCUT2D eigenvalue weighted by Crippen LogP contribution is 2.26. The normalized spacial score (nSPS) is 17.8. The Labute approximate surface area is 164 Å². The van der Waals surface area contributed by atoms with Gasteiger partial charge in [-0.15, -0.1) is 5.10 Å². The molecule has 1 aliphatic heterocycles. The van der Waals surface area contributed by atoms with Crippen molar-refractivity contribution < 1.29 is 13.2 Å². The quantitative estimate of drug-likeness (QED) is 0.611. The molecule has 0 radical (unpaired) electrons. The van der Waals surface area contributed by atoms with Gasteiger partial charge >= 0.3 is 0 Å². The molecule has 0 amide bonds. The molecule has 8 heteroatoms. The van der Waals surface area contributed by atoms with Crippen LogP contribution in [0.4, 0.5) is 0 Å². The number of aromatic nitrogens is 3. The topological polar surface area (TPSA) is 77.3 Å². The Morgan fingerprint density at radius 1 is 1.00 bits per heavy atom. The lowest BCUT2D eigenvalue weighted by atomic mass is 10.2. The summed E-state index contributed by atoms with van der Waals surface area (Å²) in [6.07, 6.45) is 2.55. The highest BCUT2D eigenvalue weighted by Gasteiger charge is 2.33. The molecule has 7 nitrogen and oxygen atoms in total. The standard InChI is InChI=1S/C20H22N4O3S/c25-28(26,20-9-5-2-6-10-20)23-12-11-19(14-23)24-13-18(21-22-24)16-27-15-17-7-3-1-4-8-17/h1-10,13,19H,11-12,14-16H2. The molecular formula is C20H22N4O3S. The highest BCUT2D eigenvalue weighted by molar-refractivity contribution is 7.89. The van der Waals surface area contributed by atoms with Crippen LogP contribution in [-0.2, 0) is 28.0 Å². The van der Waals surface area contributed by atoms with Crippen molar-refractivity contribution in [1.29, 1.82) is 0 Å². The Morgan fingerprint density at radius 2 is 1.71 bits per heavy atom. The largest absolute Gasteiger partial charge is 0.370 e. The van der Waals surface area contributed by atoms with Gasteiger partial charge in [-0.3, -0.25) is 0 Å². The summed E-state index contributed by atoms with van der Waals surface area (Å²) in [5, 5.41) is 8.34. The van der Waals surface area contributed by atoms with Crippen LogP contribution in [0.5, 0.6) is 0 Å². The van der Waals surface area contributed by atoms with Gasteiger partial charge in [-0.25, -0.2) is 13.1 Å². The number of nitrogens with zero attached hydrogens (tertiary/aromatic N) is 4. The average molecular weight is 398 g/mol. The minimum atomic E-state index is -3.47. The van der Waals surface area contributed by atoms with Crippen molar-refractivity contribution in [3.63, 3.8) is 0 Å². The molecule has 0 spiro atoms. The summed E-state index contributed by atoms with van der Waals surface area (Å²) in [6, 6.07) is 18.5. The molecule has 2 heterocycles. The smallest absolute Gasteiger partial charge is 0.243 e. The van der Waals surface area contributed by atoms with Crippen LogP contribution in [0, 0.1) is 0 Å². The molecule has 1 saturated heterocycles. The summed E-state index contributed by atoms with van der Waals surface area (Å²) in [7, 11) is -3.47. The molecule has 3 aromatic rings. The number of hydrogen-bond donors (Lipinski definition) is 0. The van der Waals surface area contributed by atoms with Crippen LogP contribution in [0.3, 0.4) is 0 Å². The lowest BCUT2D eigenvalue weighted by molar-refractivity contribution is 0.104. The first kappa shape index (κ1) is 18.8. The number of benzene rings is 2. The fourth-order valence-corrected chi connectivity index (χ4v) is 4.81. The predicted molar refractivity (Wildman–Crippen MR) is 104 cm³/mol. The fraction of sp³-hybridized carbons (Fsp3) is 0.300. The summed E-state index contributed by atoms with van der Waals surface area (Å²) in [5.74, 6) is 0. The molecule has 2 aromatic carbocycles. The maximum absolute atomic E-state index is 12.8. The lowest BCUT2D eigenvalue weighted by Crippen LogP contribution is -2.29. The van der Waals surface area contributed by atoms with Crippen molar-refractivity contribution in [2.45, 2.75) is 30.6 Å². The minimum Gasteiger partial charge on any atom is -0.370 e. The Balaban J connectivity index is 1.35. The van der Waals surface area contributed by atoms with Gasteiger partial charge in [-0.1, -0.05) is 53.7 Å². The summed E-state index contributed by atoms with van der Waals surface area (Å²) in [5.41, 5.74) is 1.84. The van der Waals surface area contributed by atoms with Crippen molar-refractivity contribution in [1.82, 2.24) is 19.3 Å². The van der Waals surface area contributed by atoms with Crippen LogP contribution >= 0.6 is 0 Å². The first-order valence-electron chi connectivity index (χ1n) is 9.20. The van der Waals surface area contributed by atoms with E-state index in [4.69, 9.17) is 4.74 Å². The van der Waals surface area contributed by atoms with Crippen LogP contribution in [0.1, 0.15) is 23.7 Å². The third-order valence-corrected chi connectivity index (χ3v) is 6.68. The molecule has 4 rings (SSSR count). The molecular weight excluding hydrogens is 376 g/mol. The van der Waals surface area contributed by atoms with Gasteiger partial charge < -0.3 is 4.74 Å². The van der Waals surface area contributed by atoms with E-state index in [2.05, 4.69) is 10.3 Å². The summed E-state index contributed by atoms with van der Waals surface area (Å²) in [4.78, 5) is 0.323. The molecule has 0 N–H and O–H groups in total. The SMILES string of the molecule is O=S(=O)(c1ccccc1)N1CCC(n2cc(COCc3ccccc3)nn2)C1. The van der Waals surface area contributed by atoms with Crippen molar-refractivity contribution >= 4 is 10.0 Å². The van der Waals surface area contributed by atoms with E-state index in [-0.39, 0.29) is 6.04 Å². The molecule has 1 atom stereocenters. The van der Waals surface area contributed by atoms with E-state index in [9.17, 15) is 8.42 Å². The molecule has 1 unspecified atom stereocenters. The second-order valence-electron chi connectivity index (χ2n) is 6.79. The van der Waals surface area contributed by atoms with Crippen LogP contribution in [0.2, 0.25) is 0 Å². The van der Waals surface area contributed by atoms with Crippen LogP contribution in [0.15, 0.2) is 71.8 Å². The molecule has 1 aliphatic rings. The van der Waals surface area contributed by atoms with E-state index in [1.54, 1.807) is 28.9 Å². The van der Waals surface area contributed by atoms with E-state index in [1.807, 2.05) is 42.6 Å². The van der Waals surface area contributed by atoms with Gasteiger partial charge in [0.1, 0.15) is 5.69 Å². The van der Waals surface area contributed by atoms with Gasteiger partial charge in [0.2, 0.25) is 10.0 Å². The van der Waals surface area contributed by atoms with Crippen LogP contribution < -0.4 is 0 Å². The molecule has 28 heavy (non-hydrogen) atoms. The van der Waals surface area contributed by atoms with E-state index < -0.39 is 10.0 Å². The number of rotatable bonds is 7. The van der Waals surface area contributed by atoms with Gasteiger partial charge in [0.05, 0.1) is 30.3 Å². The lowest BCUT2D eigenvalue weighted by Gasteiger charge is -2.16. The Morgan fingerprint density at radius 3 is 2.46 bits per heavy atom. The number of ether oxygens (including phenoxy) is 1. The predicted octanol–water partition coefficient (Wildman–Crippen LogP) is 2.63. The van der Waals surface area contributed by atoms with Gasteiger partial charge in [0, 0.05) is 13.1 Å². The molecule has 0 saturated carbocycles. The molecule has 0 bridgehead atoms. The maximum atomic E-state index is 12.8. The first-order valence-corrected chi connectivity index (χ1v) is 10.6. The Bertz CT molecular complexity index is 1010. The monoisotopic (exact) mass is 398 g/mol. The molecule has 1 fully saturated rings. The van der Waals surface area contributed by atoms with Gasteiger partial charge in [0.25, 0.3) is 0 Å². The molecule has 146 valence electrons. The Hall–Kier alpha value is -2.55. The summed E-state index contributed by atoms with van der Waals surface area (Å²) < 4.78 is 34.5. The van der Waals surface area contributed by atoms with E-state index in [0.29, 0.717) is 37.6 Å². The van der Waals surface area contributed by atoms with Crippen LogP contribution in [-0.4, -0.2) is 40.8 Å². The Kier molecular flexibility index (Phi) is 5.52. The molecule has 0 aliphatic carbocycles. The minimum absolute atomic E-state index is 0.0196. The first-order chi connectivity index (χ1) is 13.6. The number of sulfonamides is 1. The van der Waals surface area contributed by atoms with Crippen molar-refractivity contribution in [2.24, 2.45) is 0 Å². The van der Waals surface area contributed by atoms with Gasteiger partial charge in [-0.05, 0) is 24.1 Å². The third kappa shape index (κ3) is 4.14. The van der Waals surface area contributed by atoms with Gasteiger partial charge in [-0.2, -0.15) is 4.31 Å². The van der Waals surface area contributed by atoms with Crippen LogP contribution in [0.25, 0.3) is 0 Å². The fourth-order valence-electron chi connectivity index (χ4n) is 3.29. The second kappa shape index (κ2) is 8.22. The zero-order chi connectivity index (χ0) is 19.4.